The minimum absolute atomic E-state index is 0. The van der Waals surface area contributed by atoms with E-state index in [1.807, 2.05) is 4.57 Å². The molecule has 3 rings (SSSR count). The number of anilines is 1. The van der Waals surface area contributed by atoms with Crippen LogP contribution in [-0.2, 0) is 17.8 Å². The average Bonchev–Trinajstić information content (AvgIpc) is 3.12. The minimum Gasteiger partial charge on any atom is -0.549 e. The maximum atomic E-state index is 12.6. The van der Waals surface area contributed by atoms with Crippen molar-refractivity contribution in [2.45, 2.75) is 45.6 Å². The maximum Gasteiger partial charge on any atom is 1.00 e. The van der Waals surface area contributed by atoms with E-state index in [1.54, 1.807) is 36.4 Å². The standard InChI is InChI=1S/C25H26ClN3O5.Na/c1-3-4-9-20-28-22(26)21(15(2)24(31)32)29(20)14-16-10-12-17(13-11-16)27-23(30)18-7-5-6-8-19(18)25(33)34;/h5-8,10-13,15H,3-4,9,14H2,1-2H3,(H,27,30)(H,31,32)(H,33,34);/q;+1/p-1. The van der Waals surface area contributed by atoms with Crippen LogP contribution in [-0.4, -0.2) is 32.5 Å². The van der Waals surface area contributed by atoms with Gasteiger partial charge in [0, 0.05) is 24.6 Å². The van der Waals surface area contributed by atoms with Gasteiger partial charge in [-0.25, -0.2) is 9.78 Å². The normalized spacial score (nSPS) is 11.4. The fourth-order valence-corrected chi connectivity index (χ4v) is 4.01. The molecule has 178 valence electrons. The number of carbonyl (C=O) groups excluding carboxylic acids is 2. The van der Waals surface area contributed by atoms with Crippen LogP contribution in [0.4, 0.5) is 5.69 Å². The molecule has 0 radical (unpaired) electrons. The van der Waals surface area contributed by atoms with Gasteiger partial charge in [-0.1, -0.05) is 56.1 Å². The van der Waals surface area contributed by atoms with E-state index in [0.29, 0.717) is 30.2 Å². The van der Waals surface area contributed by atoms with Crippen LogP contribution in [0.25, 0.3) is 0 Å². The molecule has 10 heteroatoms. The quantitative estimate of drug-likeness (QED) is 0.392. The first kappa shape index (κ1) is 28.6. The first-order valence-electron chi connectivity index (χ1n) is 10.9. The summed E-state index contributed by atoms with van der Waals surface area (Å²) < 4.78 is 1.81. The largest absolute Gasteiger partial charge is 1.00 e. The molecule has 1 amide bonds. The van der Waals surface area contributed by atoms with Crippen molar-refractivity contribution in [3.63, 3.8) is 0 Å². The molecule has 2 aromatic carbocycles. The Balaban J connectivity index is 0.00000432. The molecule has 1 unspecified atom stereocenters. The van der Waals surface area contributed by atoms with Crippen molar-refractivity contribution >= 4 is 35.1 Å². The van der Waals surface area contributed by atoms with Gasteiger partial charge in [-0.05, 0) is 36.2 Å². The smallest absolute Gasteiger partial charge is 0.549 e. The van der Waals surface area contributed by atoms with Crippen molar-refractivity contribution in [3.8, 4) is 0 Å². The molecule has 0 saturated carbocycles. The fourth-order valence-electron chi connectivity index (χ4n) is 3.65. The Hall–Kier alpha value is -2.65. The van der Waals surface area contributed by atoms with Crippen molar-refractivity contribution in [2.75, 3.05) is 5.32 Å². The number of aromatic nitrogens is 2. The summed E-state index contributed by atoms with van der Waals surface area (Å²) in [6.45, 7) is 3.93. The predicted molar refractivity (Wildman–Crippen MR) is 126 cm³/mol. The number of rotatable bonds is 10. The number of amides is 1. The molecule has 0 aliphatic heterocycles. The van der Waals surface area contributed by atoms with Crippen LogP contribution in [0.15, 0.2) is 48.5 Å². The van der Waals surface area contributed by atoms with Crippen molar-refractivity contribution in [1.29, 1.82) is 0 Å². The van der Waals surface area contributed by atoms with Crippen LogP contribution < -0.4 is 40.0 Å². The third-order valence-electron chi connectivity index (χ3n) is 5.51. The molecule has 8 nitrogen and oxygen atoms in total. The number of halogens is 1. The third-order valence-corrected chi connectivity index (χ3v) is 5.79. The Labute approximate surface area is 230 Å². The van der Waals surface area contributed by atoms with Gasteiger partial charge in [0.25, 0.3) is 5.91 Å². The summed E-state index contributed by atoms with van der Waals surface area (Å²) >= 11 is 6.30. The molecule has 1 atom stereocenters. The van der Waals surface area contributed by atoms with Gasteiger partial charge < -0.3 is 24.9 Å². The summed E-state index contributed by atoms with van der Waals surface area (Å²) in [4.78, 5) is 39.9. The summed E-state index contributed by atoms with van der Waals surface area (Å²) in [5, 5.41) is 23.7. The molecule has 1 aromatic heterocycles. The second kappa shape index (κ2) is 12.9. The number of nitrogens with zero attached hydrogens (tertiary/aromatic N) is 2. The molecule has 0 bridgehead atoms. The van der Waals surface area contributed by atoms with Crippen LogP contribution in [0.5, 0.6) is 0 Å². The van der Waals surface area contributed by atoms with Gasteiger partial charge in [0.05, 0.1) is 22.8 Å². The van der Waals surface area contributed by atoms with Crippen molar-refractivity contribution in [2.24, 2.45) is 0 Å². The van der Waals surface area contributed by atoms with Gasteiger partial charge in [0.15, 0.2) is 5.15 Å². The number of aromatic carboxylic acids is 1. The summed E-state index contributed by atoms with van der Waals surface area (Å²) in [6.07, 6.45) is 2.50. The molecule has 0 aliphatic carbocycles. The molecular formula is C25H25ClN3NaO5. The number of hydrogen-bond donors (Lipinski definition) is 2. The van der Waals surface area contributed by atoms with Crippen LogP contribution in [0.3, 0.4) is 0 Å². The van der Waals surface area contributed by atoms with E-state index < -0.39 is 23.8 Å². The minimum atomic E-state index is -1.23. The number of carboxylic acid groups (broad SMARTS) is 2. The van der Waals surface area contributed by atoms with E-state index >= 15 is 0 Å². The first-order chi connectivity index (χ1) is 16.2. The topological polar surface area (TPSA) is 124 Å². The van der Waals surface area contributed by atoms with E-state index in [-0.39, 0.29) is 45.8 Å². The third kappa shape index (κ3) is 6.95. The van der Waals surface area contributed by atoms with Gasteiger partial charge in [0.1, 0.15) is 5.82 Å². The second-order valence-corrected chi connectivity index (χ2v) is 8.29. The summed E-state index contributed by atoms with van der Waals surface area (Å²) in [6, 6.07) is 13.0. The Kier molecular flexibility index (Phi) is 10.5. The zero-order valence-electron chi connectivity index (χ0n) is 19.9. The van der Waals surface area contributed by atoms with E-state index in [1.165, 1.54) is 19.1 Å². The number of carbonyl (C=O) groups is 3. The Morgan fingerprint density at radius 1 is 1.11 bits per heavy atom. The summed E-state index contributed by atoms with van der Waals surface area (Å²) in [5.41, 5.74) is 1.72. The number of aliphatic carboxylic acids is 1. The van der Waals surface area contributed by atoms with Gasteiger partial charge in [-0.3, -0.25) is 4.79 Å². The van der Waals surface area contributed by atoms with Crippen molar-refractivity contribution in [3.05, 3.63) is 81.9 Å². The number of benzene rings is 2. The number of aryl methyl sites for hydroxylation is 1. The number of carboxylic acids is 2. The molecule has 35 heavy (non-hydrogen) atoms. The van der Waals surface area contributed by atoms with Crippen molar-refractivity contribution in [1.82, 2.24) is 9.55 Å². The molecule has 1 heterocycles. The summed E-state index contributed by atoms with van der Waals surface area (Å²) in [5.74, 6) is -3.16. The van der Waals surface area contributed by atoms with Crippen molar-refractivity contribution < 1.29 is 54.2 Å². The first-order valence-corrected chi connectivity index (χ1v) is 11.3. The van der Waals surface area contributed by atoms with Crippen LogP contribution in [0.2, 0.25) is 5.15 Å². The monoisotopic (exact) mass is 505 g/mol. The van der Waals surface area contributed by atoms with E-state index in [0.717, 1.165) is 18.4 Å². The number of nitrogens with one attached hydrogen (secondary N) is 1. The molecule has 0 fully saturated rings. The SMILES string of the molecule is CCCCc1nc(Cl)c(C(C)C(=O)[O-])n1Cc1ccc(NC(=O)c2ccccc2C(=O)O)cc1.[Na+]. The Bertz CT molecular complexity index is 1210. The average molecular weight is 506 g/mol. The molecule has 0 aliphatic rings. The summed E-state index contributed by atoms with van der Waals surface area (Å²) in [7, 11) is 0. The van der Waals surface area contributed by atoms with Gasteiger partial charge in [-0.15, -0.1) is 0 Å². The molecule has 0 spiro atoms. The van der Waals surface area contributed by atoms with E-state index in [9.17, 15) is 24.6 Å². The molecule has 2 N–H and O–H groups in total. The molecular weight excluding hydrogens is 481 g/mol. The van der Waals surface area contributed by atoms with Crippen LogP contribution in [0.1, 0.15) is 70.4 Å². The fraction of sp³-hybridized carbons (Fsp3) is 0.280. The van der Waals surface area contributed by atoms with Crippen LogP contribution >= 0.6 is 11.6 Å². The van der Waals surface area contributed by atoms with Crippen LogP contribution in [0, 0.1) is 0 Å². The predicted octanol–water partition coefficient (Wildman–Crippen LogP) is 0.735. The van der Waals surface area contributed by atoms with E-state index in [4.69, 9.17) is 11.6 Å². The zero-order valence-corrected chi connectivity index (χ0v) is 22.6. The zero-order chi connectivity index (χ0) is 24.8. The van der Waals surface area contributed by atoms with Gasteiger partial charge >= 0.3 is 35.5 Å². The maximum absolute atomic E-state index is 12.6. The Morgan fingerprint density at radius 2 is 1.74 bits per heavy atom. The van der Waals surface area contributed by atoms with E-state index in [2.05, 4.69) is 17.2 Å². The second-order valence-electron chi connectivity index (χ2n) is 7.94. The molecule has 0 saturated heterocycles. The van der Waals surface area contributed by atoms with Gasteiger partial charge in [0.2, 0.25) is 0 Å². The number of unbranched alkanes of at least 4 members (excludes halogenated alkanes) is 1. The Morgan fingerprint density at radius 3 is 2.31 bits per heavy atom. The number of imidazole rings is 1. The molecule has 3 aromatic rings. The van der Waals surface area contributed by atoms with Gasteiger partial charge in [-0.2, -0.15) is 0 Å². The number of hydrogen-bond acceptors (Lipinski definition) is 5.